The number of likely N-dealkylation sites (tertiary alicyclic amines) is 1. The monoisotopic (exact) mass is 453 g/mol. The summed E-state index contributed by atoms with van der Waals surface area (Å²) in [5.41, 5.74) is 4.77. The molecule has 7 heteroatoms. The first-order valence-corrected chi connectivity index (χ1v) is 13.0. The molecule has 0 unspecified atom stereocenters. The zero-order valence-electron chi connectivity index (χ0n) is 17.8. The largest absolute Gasteiger partial charge is 0.342 e. The van der Waals surface area contributed by atoms with Crippen molar-refractivity contribution in [3.63, 3.8) is 0 Å². The van der Waals surface area contributed by atoms with Crippen LogP contribution in [0.4, 0.5) is 0 Å². The van der Waals surface area contributed by atoms with Gasteiger partial charge in [-0.15, -0.1) is 11.3 Å². The number of H-pyrrole nitrogens is 1. The van der Waals surface area contributed by atoms with E-state index in [0.29, 0.717) is 22.2 Å². The van der Waals surface area contributed by atoms with Crippen LogP contribution in [0, 0.1) is 5.92 Å². The minimum absolute atomic E-state index is 0.124. The predicted molar refractivity (Wildman–Crippen MR) is 128 cm³/mol. The lowest BCUT2D eigenvalue weighted by molar-refractivity contribution is -0.129. The smallest absolute Gasteiger partial charge is 0.260 e. The second kappa shape index (κ2) is 8.79. The summed E-state index contributed by atoms with van der Waals surface area (Å²) in [5, 5.41) is 3.21. The van der Waals surface area contributed by atoms with Crippen LogP contribution in [0.2, 0.25) is 0 Å². The van der Waals surface area contributed by atoms with Gasteiger partial charge in [-0.2, -0.15) is 0 Å². The van der Waals surface area contributed by atoms with Gasteiger partial charge in [0.25, 0.3) is 5.56 Å². The highest BCUT2D eigenvalue weighted by atomic mass is 32.2. The molecule has 1 saturated heterocycles. The van der Waals surface area contributed by atoms with Gasteiger partial charge in [0.15, 0.2) is 5.16 Å². The zero-order valence-corrected chi connectivity index (χ0v) is 19.4. The maximum atomic E-state index is 12.9. The molecule has 1 aliphatic heterocycles. The van der Waals surface area contributed by atoms with E-state index < -0.39 is 0 Å². The Hall–Kier alpha value is -2.12. The molecule has 0 saturated carbocycles. The van der Waals surface area contributed by atoms with Crippen molar-refractivity contribution >= 4 is 39.2 Å². The summed E-state index contributed by atoms with van der Waals surface area (Å²) in [6, 6.07) is 6.59. The lowest BCUT2D eigenvalue weighted by Gasteiger charge is -2.30. The quantitative estimate of drug-likeness (QED) is 0.452. The lowest BCUT2D eigenvalue weighted by Crippen LogP contribution is -2.38. The van der Waals surface area contributed by atoms with Crippen molar-refractivity contribution in [2.75, 3.05) is 18.8 Å². The number of piperidine rings is 1. The molecule has 162 valence electrons. The van der Waals surface area contributed by atoms with Gasteiger partial charge in [0.05, 0.1) is 11.1 Å². The van der Waals surface area contributed by atoms with Crippen LogP contribution in [-0.4, -0.2) is 39.6 Å². The summed E-state index contributed by atoms with van der Waals surface area (Å²) >= 11 is 2.82. The Labute approximate surface area is 190 Å². The number of benzene rings is 1. The Bertz CT molecular complexity index is 1180. The summed E-state index contributed by atoms with van der Waals surface area (Å²) in [5.74, 6) is 1.13. The minimum atomic E-state index is -0.124. The molecule has 3 heterocycles. The highest BCUT2D eigenvalue weighted by Crippen LogP contribution is 2.34. The van der Waals surface area contributed by atoms with Crippen LogP contribution in [0.5, 0.6) is 0 Å². The average Bonchev–Trinajstić information content (AvgIpc) is 3.22. The summed E-state index contributed by atoms with van der Waals surface area (Å²) in [6.07, 6.45) is 6.90. The molecule has 0 spiro atoms. The lowest BCUT2D eigenvalue weighted by atomic mass is 9.89. The Morgan fingerprint density at radius 2 is 2.00 bits per heavy atom. The molecule has 2 aromatic heterocycles. The number of aromatic nitrogens is 2. The molecule has 1 N–H and O–H groups in total. The number of carbonyl (C=O) groups is 1. The summed E-state index contributed by atoms with van der Waals surface area (Å²) in [6.45, 7) is 3.90. The van der Waals surface area contributed by atoms with Crippen LogP contribution in [0.25, 0.3) is 21.3 Å². The number of hydrogen-bond donors (Lipinski definition) is 1. The SMILES string of the molecule is CC1CCN(C(=O)CSc2nc3scc(-c4ccc5c(c4)CCCC5)c3c(=O)[nH]2)CC1. The van der Waals surface area contributed by atoms with Crippen molar-refractivity contribution in [3.8, 4) is 11.1 Å². The van der Waals surface area contributed by atoms with E-state index >= 15 is 0 Å². The third-order valence-corrected chi connectivity index (χ3v) is 8.28. The number of hydrogen-bond acceptors (Lipinski definition) is 5. The van der Waals surface area contributed by atoms with Crippen molar-refractivity contribution in [2.24, 2.45) is 5.92 Å². The van der Waals surface area contributed by atoms with E-state index in [2.05, 4.69) is 35.1 Å². The molecule has 5 rings (SSSR count). The Balaban J connectivity index is 1.35. The number of aryl methyl sites for hydroxylation is 2. The second-order valence-electron chi connectivity index (χ2n) is 8.74. The third-order valence-electron chi connectivity index (χ3n) is 6.55. The number of carbonyl (C=O) groups excluding carboxylic acids is 1. The van der Waals surface area contributed by atoms with E-state index in [4.69, 9.17) is 0 Å². The molecule has 5 nitrogen and oxygen atoms in total. The molecule has 1 fully saturated rings. The first kappa shape index (κ1) is 20.8. The Morgan fingerprint density at radius 3 is 2.81 bits per heavy atom. The molecule has 1 amide bonds. The van der Waals surface area contributed by atoms with Crippen molar-refractivity contribution < 1.29 is 4.79 Å². The first-order valence-electron chi connectivity index (χ1n) is 11.1. The van der Waals surface area contributed by atoms with Gasteiger partial charge < -0.3 is 9.88 Å². The molecular weight excluding hydrogens is 426 g/mol. The summed E-state index contributed by atoms with van der Waals surface area (Å²) in [4.78, 5) is 35.7. The van der Waals surface area contributed by atoms with Crippen LogP contribution in [0.3, 0.4) is 0 Å². The second-order valence-corrected chi connectivity index (χ2v) is 10.6. The van der Waals surface area contributed by atoms with Gasteiger partial charge in [0.1, 0.15) is 4.83 Å². The number of amides is 1. The summed E-state index contributed by atoms with van der Waals surface area (Å²) in [7, 11) is 0. The van der Waals surface area contributed by atoms with E-state index in [-0.39, 0.29) is 11.5 Å². The van der Waals surface area contributed by atoms with Gasteiger partial charge in [-0.1, -0.05) is 36.9 Å². The van der Waals surface area contributed by atoms with Crippen molar-refractivity contribution in [2.45, 2.75) is 50.6 Å². The topological polar surface area (TPSA) is 66.1 Å². The minimum Gasteiger partial charge on any atom is -0.342 e. The maximum absolute atomic E-state index is 12.9. The zero-order chi connectivity index (χ0) is 21.4. The third kappa shape index (κ3) is 4.30. The maximum Gasteiger partial charge on any atom is 0.260 e. The van der Waals surface area contributed by atoms with Crippen LogP contribution in [0.15, 0.2) is 33.5 Å². The fraction of sp³-hybridized carbons (Fsp3) is 0.458. The molecule has 1 aromatic carbocycles. The van der Waals surface area contributed by atoms with Gasteiger partial charge in [0.2, 0.25) is 5.91 Å². The molecule has 2 aliphatic rings. The predicted octanol–water partition coefficient (Wildman–Crippen LogP) is 4.88. The van der Waals surface area contributed by atoms with Gasteiger partial charge in [-0.05, 0) is 61.1 Å². The number of thioether (sulfide) groups is 1. The number of fused-ring (bicyclic) bond motifs is 2. The molecule has 1 aliphatic carbocycles. The van der Waals surface area contributed by atoms with Crippen LogP contribution >= 0.6 is 23.1 Å². The van der Waals surface area contributed by atoms with Crippen molar-refractivity contribution in [1.29, 1.82) is 0 Å². The highest BCUT2D eigenvalue weighted by Gasteiger charge is 2.21. The van der Waals surface area contributed by atoms with Gasteiger partial charge in [-0.25, -0.2) is 4.98 Å². The molecule has 0 bridgehead atoms. The van der Waals surface area contributed by atoms with Crippen LogP contribution in [-0.2, 0) is 17.6 Å². The summed E-state index contributed by atoms with van der Waals surface area (Å²) < 4.78 is 0. The van der Waals surface area contributed by atoms with E-state index in [1.54, 1.807) is 0 Å². The van der Waals surface area contributed by atoms with Gasteiger partial charge in [0, 0.05) is 24.0 Å². The molecule has 0 radical (unpaired) electrons. The van der Waals surface area contributed by atoms with E-state index in [1.807, 2.05) is 10.3 Å². The van der Waals surface area contributed by atoms with Gasteiger partial charge in [-0.3, -0.25) is 9.59 Å². The standard InChI is InChI=1S/C24H27N3O2S2/c1-15-8-10-27(11-9-15)20(28)14-31-24-25-22(29)21-19(13-30-23(21)26-24)18-7-6-16-4-2-3-5-17(16)12-18/h6-7,12-13,15H,2-5,8-11,14H2,1H3,(H,25,26,29). The Kier molecular flexibility index (Phi) is 5.89. The first-order chi connectivity index (χ1) is 15.1. The highest BCUT2D eigenvalue weighted by molar-refractivity contribution is 7.99. The van der Waals surface area contributed by atoms with E-state index in [0.717, 1.165) is 54.7 Å². The molecule has 31 heavy (non-hydrogen) atoms. The Morgan fingerprint density at radius 1 is 1.23 bits per heavy atom. The number of rotatable bonds is 4. The van der Waals surface area contributed by atoms with Crippen LogP contribution in [0.1, 0.15) is 43.7 Å². The number of nitrogens with zero attached hydrogens (tertiary/aromatic N) is 2. The van der Waals surface area contributed by atoms with Crippen molar-refractivity contribution in [1.82, 2.24) is 14.9 Å². The normalized spacial score (nSPS) is 17.1. The average molecular weight is 454 g/mol. The van der Waals surface area contributed by atoms with E-state index in [1.165, 1.54) is 47.1 Å². The van der Waals surface area contributed by atoms with Crippen LogP contribution < -0.4 is 5.56 Å². The fourth-order valence-electron chi connectivity index (χ4n) is 4.59. The number of nitrogens with one attached hydrogen (secondary N) is 1. The van der Waals surface area contributed by atoms with Gasteiger partial charge >= 0.3 is 0 Å². The van der Waals surface area contributed by atoms with Crippen molar-refractivity contribution in [3.05, 3.63) is 45.1 Å². The fourth-order valence-corrected chi connectivity index (χ4v) is 6.36. The molecule has 0 atom stereocenters. The van der Waals surface area contributed by atoms with E-state index in [9.17, 15) is 9.59 Å². The number of aromatic amines is 1. The number of thiophene rings is 1. The molecule has 3 aromatic rings. The molecular formula is C24H27N3O2S2.